The van der Waals surface area contributed by atoms with Crippen LogP contribution >= 0.6 is 0 Å². The third-order valence-electron chi connectivity index (χ3n) is 3.70. The van der Waals surface area contributed by atoms with Crippen LogP contribution in [0.4, 0.5) is 27.6 Å². The van der Waals surface area contributed by atoms with Crippen LogP contribution in [0.2, 0.25) is 0 Å². The molecule has 3 rings (SSSR count). The molecule has 1 aromatic heterocycles. The SMILES string of the molecule is C[C@H]1C[C@H]1c1ccc(/C=N\Nc2c(F)c(F)c(F)c(F)c2F)o1. The average molecular weight is 330 g/mol. The Bertz CT molecular complexity index is 757. The fourth-order valence-electron chi connectivity index (χ4n) is 2.22. The number of nitrogens with zero attached hydrogens (tertiary/aromatic N) is 1. The number of hydrazone groups is 1. The van der Waals surface area contributed by atoms with Gasteiger partial charge >= 0.3 is 0 Å². The lowest BCUT2D eigenvalue weighted by Crippen LogP contribution is -2.06. The zero-order valence-electron chi connectivity index (χ0n) is 11.8. The van der Waals surface area contributed by atoms with E-state index in [0.717, 1.165) is 18.4 Å². The summed E-state index contributed by atoms with van der Waals surface area (Å²) in [6.45, 7) is 2.08. The smallest absolute Gasteiger partial charge is 0.200 e. The summed E-state index contributed by atoms with van der Waals surface area (Å²) in [5.74, 6) is -8.29. The molecule has 0 spiro atoms. The number of furan rings is 1. The second kappa shape index (κ2) is 5.68. The molecule has 1 saturated carbocycles. The molecule has 1 aliphatic rings. The Morgan fingerprint density at radius 2 is 1.61 bits per heavy atom. The van der Waals surface area contributed by atoms with E-state index < -0.39 is 34.8 Å². The maximum absolute atomic E-state index is 13.4. The van der Waals surface area contributed by atoms with E-state index >= 15 is 0 Å². The number of anilines is 1. The van der Waals surface area contributed by atoms with Crippen LogP contribution in [0.15, 0.2) is 21.7 Å². The molecule has 2 atom stereocenters. The summed E-state index contributed by atoms with van der Waals surface area (Å²) in [4.78, 5) is 0. The molecule has 23 heavy (non-hydrogen) atoms. The predicted octanol–water partition coefficient (Wildman–Crippen LogP) is 4.54. The summed E-state index contributed by atoms with van der Waals surface area (Å²) in [5, 5.41) is 3.45. The molecule has 0 amide bonds. The molecule has 1 N–H and O–H groups in total. The van der Waals surface area contributed by atoms with Crippen LogP contribution in [0.5, 0.6) is 0 Å². The molecule has 1 fully saturated rings. The normalized spacial score (nSPS) is 20.3. The van der Waals surface area contributed by atoms with E-state index in [0.29, 0.717) is 17.6 Å². The highest BCUT2D eigenvalue weighted by Gasteiger charge is 2.36. The molecular weight excluding hydrogens is 319 g/mol. The zero-order valence-corrected chi connectivity index (χ0v) is 11.8. The monoisotopic (exact) mass is 330 g/mol. The van der Waals surface area contributed by atoms with E-state index in [1.807, 2.05) is 5.43 Å². The van der Waals surface area contributed by atoms with Gasteiger partial charge in [0.2, 0.25) is 5.82 Å². The van der Waals surface area contributed by atoms with Crippen molar-refractivity contribution in [3.05, 3.63) is 52.7 Å². The Hall–Kier alpha value is -2.38. The van der Waals surface area contributed by atoms with Crippen LogP contribution in [0.1, 0.15) is 30.8 Å². The lowest BCUT2D eigenvalue weighted by atomic mass is 10.2. The number of nitrogens with one attached hydrogen (secondary N) is 1. The maximum Gasteiger partial charge on any atom is 0.200 e. The topological polar surface area (TPSA) is 37.5 Å². The Labute approximate surface area is 127 Å². The molecule has 1 aromatic carbocycles. The second-order valence-corrected chi connectivity index (χ2v) is 5.37. The molecule has 8 heteroatoms. The van der Waals surface area contributed by atoms with Gasteiger partial charge in [0.25, 0.3) is 0 Å². The summed E-state index contributed by atoms with van der Waals surface area (Å²) in [7, 11) is 0. The number of rotatable bonds is 4. The third-order valence-corrected chi connectivity index (χ3v) is 3.70. The van der Waals surface area contributed by atoms with Crippen molar-refractivity contribution in [2.45, 2.75) is 19.3 Å². The van der Waals surface area contributed by atoms with Crippen molar-refractivity contribution in [1.29, 1.82) is 0 Å². The second-order valence-electron chi connectivity index (χ2n) is 5.37. The quantitative estimate of drug-likeness (QED) is 0.294. The van der Waals surface area contributed by atoms with Crippen LogP contribution in [-0.2, 0) is 0 Å². The van der Waals surface area contributed by atoms with Gasteiger partial charge in [0.05, 0.1) is 6.21 Å². The van der Waals surface area contributed by atoms with Crippen LogP contribution in [0.3, 0.4) is 0 Å². The standard InChI is InChI=1S/C15H11F5N2O/c1-6-4-8(6)9-3-2-7(23-9)5-21-22-15-13(19)11(17)10(16)12(18)14(15)20/h2-3,5-6,8,22H,4H2,1H3/b21-5-/t6-,8+/m0/s1. The largest absolute Gasteiger partial charge is 0.460 e. The van der Waals surface area contributed by atoms with E-state index in [1.54, 1.807) is 12.1 Å². The van der Waals surface area contributed by atoms with Crippen molar-refractivity contribution < 1.29 is 26.4 Å². The highest BCUT2D eigenvalue weighted by molar-refractivity contribution is 5.76. The van der Waals surface area contributed by atoms with E-state index in [2.05, 4.69) is 12.0 Å². The van der Waals surface area contributed by atoms with Crippen LogP contribution in [0.25, 0.3) is 0 Å². The van der Waals surface area contributed by atoms with Crippen LogP contribution < -0.4 is 5.43 Å². The van der Waals surface area contributed by atoms with Crippen molar-refractivity contribution in [3.63, 3.8) is 0 Å². The minimum atomic E-state index is -2.22. The number of hydrogen-bond donors (Lipinski definition) is 1. The minimum Gasteiger partial charge on any atom is -0.460 e. The van der Waals surface area contributed by atoms with E-state index in [9.17, 15) is 22.0 Å². The number of hydrogen-bond acceptors (Lipinski definition) is 3. The van der Waals surface area contributed by atoms with E-state index in [1.165, 1.54) is 0 Å². The van der Waals surface area contributed by atoms with Crippen molar-refractivity contribution >= 4 is 11.9 Å². The van der Waals surface area contributed by atoms with Gasteiger partial charge in [-0.05, 0) is 24.5 Å². The Kier molecular flexibility index (Phi) is 3.83. The molecule has 0 aliphatic heterocycles. The van der Waals surface area contributed by atoms with Gasteiger partial charge in [-0.3, -0.25) is 5.43 Å². The molecule has 2 aromatic rings. The van der Waals surface area contributed by atoms with Gasteiger partial charge in [0.15, 0.2) is 23.3 Å². The van der Waals surface area contributed by atoms with Crippen LogP contribution in [0, 0.1) is 35.0 Å². The first-order chi connectivity index (χ1) is 10.9. The van der Waals surface area contributed by atoms with Crippen LogP contribution in [-0.4, -0.2) is 6.21 Å². The van der Waals surface area contributed by atoms with Gasteiger partial charge in [-0.15, -0.1) is 0 Å². The van der Waals surface area contributed by atoms with Crippen molar-refractivity contribution in [2.75, 3.05) is 5.43 Å². The first-order valence-electron chi connectivity index (χ1n) is 6.80. The highest BCUT2D eigenvalue weighted by atomic mass is 19.2. The van der Waals surface area contributed by atoms with Crippen molar-refractivity contribution in [3.8, 4) is 0 Å². The van der Waals surface area contributed by atoms with Gasteiger partial charge in [0.1, 0.15) is 17.2 Å². The fraction of sp³-hybridized carbons (Fsp3) is 0.267. The van der Waals surface area contributed by atoms with Gasteiger partial charge in [-0.1, -0.05) is 6.92 Å². The van der Waals surface area contributed by atoms with Crippen molar-refractivity contribution in [2.24, 2.45) is 11.0 Å². The van der Waals surface area contributed by atoms with Crippen molar-refractivity contribution in [1.82, 2.24) is 0 Å². The lowest BCUT2D eigenvalue weighted by Gasteiger charge is -2.06. The number of benzene rings is 1. The van der Waals surface area contributed by atoms with Gasteiger partial charge in [-0.2, -0.15) is 5.10 Å². The van der Waals surface area contributed by atoms with E-state index in [-0.39, 0.29) is 0 Å². The summed E-state index contributed by atoms with van der Waals surface area (Å²) in [5.41, 5.74) is 0.592. The van der Waals surface area contributed by atoms with Gasteiger partial charge < -0.3 is 4.42 Å². The number of halogens is 5. The van der Waals surface area contributed by atoms with Gasteiger partial charge in [-0.25, -0.2) is 22.0 Å². The Morgan fingerprint density at radius 3 is 2.17 bits per heavy atom. The summed E-state index contributed by atoms with van der Waals surface area (Å²) >= 11 is 0. The molecule has 0 saturated heterocycles. The molecule has 0 unspecified atom stereocenters. The molecule has 1 aliphatic carbocycles. The van der Waals surface area contributed by atoms with E-state index in [4.69, 9.17) is 4.42 Å². The zero-order chi connectivity index (χ0) is 16.7. The summed E-state index contributed by atoms with van der Waals surface area (Å²) < 4.78 is 71.2. The molecule has 1 heterocycles. The average Bonchev–Trinajstić information content (AvgIpc) is 3.08. The van der Waals surface area contributed by atoms with Gasteiger partial charge in [0, 0.05) is 5.92 Å². The molecule has 3 nitrogen and oxygen atoms in total. The summed E-state index contributed by atoms with van der Waals surface area (Å²) in [6.07, 6.45) is 2.11. The molecule has 0 bridgehead atoms. The Balaban J connectivity index is 1.77. The first kappa shape index (κ1) is 15.5. The molecule has 0 radical (unpaired) electrons. The summed E-state index contributed by atoms with van der Waals surface area (Å²) in [6, 6.07) is 3.36. The molecular formula is C15H11F5N2O. The highest BCUT2D eigenvalue weighted by Crippen LogP contribution is 2.47. The first-order valence-corrected chi connectivity index (χ1v) is 6.80. The predicted molar refractivity (Wildman–Crippen MR) is 72.7 cm³/mol. The maximum atomic E-state index is 13.4. The minimum absolute atomic E-state index is 0.301. The Morgan fingerprint density at radius 1 is 1.04 bits per heavy atom. The molecule has 122 valence electrons. The fourth-order valence-corrected chi connectivity index (χ4v) is 2.22. The lowest BCUT2D eigenvalue weighted by molar-refractivity contribution is 0.381. The third kappa shape index (κ3) is 2.80.